The number of piperidine rings is 4. The van der Waals surface area contributed by atoms with E-state index in [1.807, 2.05) is 0 Å². The molecule has 672 valence electrons. The van der Waals surface area contributed by atoms with E-state index in [-0.39, 0.29) is 73.8 Å². The SMILES string of the molecule is [2H]C([2H])([2H])Oc1cc2c(cc1OC)C1([2H])CC(OC(=O)[C@@H](N)C(C)C)C(C([2H])([2H])C([2H])(C)C([2H])([2H])[2H])CN1C([2H])([2H])C2([2H])[2H].[2H]C([2H])([2H])Oc1cc2c(cc1OC)C1([2H])CC([2H])(OC(=O)[C@@H](N)C(C)C)C(C([2H])([2H])C([2H])(C)C([2H])([2H])[2H])CN1C([2H])([2H])C2([2H])[2H].[2H]C1(OC(=O)[C@@H](N)C(C)C)CC2([2H])c3cc(OC)c(OC)cc3C([2H])([2H])C([2H])([2H])N2CC1C([2H])([2H])C([2H])(C)C([2H])([2H])[2H].[2H]C12CC(OC(=O)[C@@H](N)C(C)C)C(C([2H])([2H])C([2H])(C)C([2H])([2H])[2H])CN1C([2H])([2H])C([2H])([2H])c1cc(OC)c(OC)cc12. The summed E-state index contributed by atoms with van der Waals surface area (Å²) in [7, 11) is 1.55. The van der Waals surface area contributed by atoms with Gasteiger partial charge in [-0.2, -0.15) is 0 Å². The molecule has 120 heavy (non-hydrogen) atoms. The van der Waals surface area contributed by atoms with Gasteiger partial charge >= 0.3 is 23.9 Å². The van der Waals surface area contributed by atoms with Crippen LogP contribution in [0.1, 0.15) is 302 Å². The number of carbonyl (C=O) groups excluding carboxylic acids is 4. The molecule has 0 radical (unpaired) electrons. The molecule has 8 heterocycles. The first-order valence-corrected chi connectivity index (χ1v) is 39.1. The summed E-state index contributed by atoms with van der Waals surface area (Å²) in [4.78, 5) is 55.2. The Balaban J connectivity index is 0.000000251. The van der Waals surface area contributed by atoms with E-state index in [4.69, 9.17) is 143 Å². The summed E-state index contributed by atoms with van der Waals surface area (Å²) < 4.78 is 506. The first-order chi connectivity index (χ1) is 76.7. The fourth-order valence-electron chi connectivity index (χ4n) is 14.0. The number of fused-ring (bicyclic) bond motifs is 12. The van der Waals surface area contributed by atoms with Gasteiger partial charge in [0.25, 0.3) is 0 Å². The molecular weight excluding hydrogens is 1520 g/mol. The minimum absolute atomic E-state index is 0.0204. The third-order valence-electron chi connectivity index (χ3n) is 20.9. The van der Waals surface area contributed by atoms with Gasteiger partial charge in [-0.05, 0) is 191 Å². The predicted octanol–water partition coefficient (Wildman–Crippen LogP) is 14.3. The maximum atomic E-state index is 13.1. The van der Waals surface area contributed by atoms with E-state index in [0.717, 1.165) is 68.9 Å². The van der Waals surface area contributed by atoms with E-state index in [1.165, 1.54) is 59.8 Å². The third kappa shape index (κ3) is 23.8. The molecule has 4 aromatic carbocycles. The second-order valence-electron chi connectivity index (χ2n) is 30.9. The number of esters is 4. The zero-order valence-corrected chi connectivity index (χ0v) is 71.0. The van der Waals surface area contributed by atoms with E-state index in [2.05, 4.69) is 0 Å². The van der Waals surface area contributed by atoms with Crippen molar-refractivity contribution in [2.45, 2.75) is 260 Å². The molecule has 24 nitrogen and oxygen atoms in total. The van der Waals surface area contributed by atoms with Crippen LogP contribution in [0, 0.1) is 70.9 Å². The number of methoxy groups -OCH3 is 8. The number of ether oxygens (including phenoxy) is 12. The number of nitrogens with two attached hydrogens (primary N) is 4. The predicted molar refractivity (Wildman–Crippen MR) is 471 cm³/mol. The number of carbonyl (C=O) groups is 4. The van der Waals surface area contributed by atoms with Gasteiger partial charge in [-0.15, -0.1) is 0 Å². The summed E-state index contributed by atoms with van der Waals surface area (Å²) in [5.74, 6) is -26.1. The van der Waals surface area contributed by atoms with Crippen molar-refractivity contribution in [3.05, 3.63) is 93.0 Å². The standard InChI is InChI=1S/4C24H38N2O4/c4*1-14(2)9-17-13-26-8-7-16-10-21(28-5)22(29-6)11-18(16)19(26)12-20(17)30-24(27)23(25)15(3)4/h4*10-11,14-15,17,19-20,23H,7-9,12-13,25H2,1-6H3/t4*17?,19?,20?,23-/m0000/s1/i1D3,5D3,7D2,8D2,9D2,14D,19D,20D;1D3,7D2,8D2,9D2,14D,19D,20D;1D3,5D3,7D2,8D2,9D2,14D,19D;1D3,7D2,8D2,9D2,14D,19D/t4*14?,17?,19?,20?,23-. The monoisotopic (exact) mass is 1730 g/mol. The van der Waals surface area contributed by atoms with Crippen molar-refractivity contribution >= 4 is 23.9 Å². The van der Waals surface area contributed by atoms with Crippen LogP contribution in [-0.2, 0) is 63.6 Å². The molecule has 0 saturated carbocycles. The van der Waals surface area contributed by atoms with Crippen LogP contribution in [0.15, 0.2) is 48.5 Å². The van der Waals surface area contributed by atoms with Gasteiger partial charge in [0.2, 0.25) is 0 Å². The molecule has 8 aliphatic heterocycles. The topological polar surface area (TPSA) is 296 Å². The molecule has 0 amide bonds. The van der Waals surface area contributed by atoms with Crippen molar-refractivity contribution in [3.8, 4) is 46.0 Å². The van der Waals surface area contributed by atoms with Crippen LogP contribution in [-0.4, -0.2) is 201 Å². The van der Waals surface area contributed by atoms with Crippen molar-refractivity contribution in [1.29, 1.82) is 0 Å². The molecule has 20 atom stereocenters. The van der Waals surface area contributed by atoms with Gasteiger partial charge < -0.3 is 79.8 Å². The van der Waals surface area contributed by atoms with E-state index in [9.17, 15) is 27.4 Å². The molecule has 0 spiro atoms. The Morgan fingerprint density at radius 2 is 0.592 bits per heavy atom. The van der Waals surface area contributed by atoms with Gasteiger partial charge in [-0.3, -0.25) is 38.8 Å². The number of rotatable bonds is 28. The van der Waals surface area contributed by atoms with Crippen LogP contribution in [0.25, 0.3) is 0 Å². The molecule has 0 aliphatic carbocycles. The Labute approximate surface area is 791 Å². The van der Waals surface area contributed by atoms with Crippen LogP contribution in [0.5, 0.6) is 46.0 Å². The molecule has 4 aromatic rings. The second-order valence-corrected chi connectivity index (χ2v) is 30.9. The Morgan fingerprint density at radius 1 is 0.367 bits per heavy atom. The lowest BCUT2D eigenvalue weighted by atomic mass is 9.79. The molecule has 4 saturated heterocycles. The van der Waals surface area contributed by atoms with Crippen molar-refractivity contribution in [2.75, 3.05) is 109 Å². The van der Waals surface area contributed by atoms with Gasteiger partial charge in [0.1, 0.15) is 48.5 Å². The van der Waals surface area contributed by atoms with Gasteiger partial charge in [-0.25, -0.2) is 0 Å². The highest BCUT2D eigenvalue weighted by atomic mass is 16.6. The van der Waals surface area contributed by atoms with E-state index >= 15 is 0 Å². The van der Waals surface area contributed by atoms with Crippen molar-refractivity contribution < 1.29 is 147 Å². The molecule has 4 fully saturated rings. The minimum atomic E-state index is -3.29. The molecular formula is C96H152N8O16. The molecule has 24 heteroatoms. The van der Waals surface area contributed by atoms with Crippen molar-refractivity contribution in [1.82, 2.24) is 19.6 Å². The zero-order valence-electron chi connectivity index (χ0n) is 123. The van der Waals surface area contributed by atoms with Gasteiger partial charge in [0, 0.05) is 180 Å². The summed E-state index contributed by atoms with van der Waals surface area (Å²) in [5, 5.41) is 0. The van der Waals surface area contributed by atoms with Gasteiger partial charge in [0.05, 0.1) is 73.2 Å². The highest BCUT2D eigenvalue weighted by molar-refractivity contribution is 5.77. The third-order valence-corrected chi connectivity index (χ3v) is 20.9. The van der Waals surface area contributed by atoms with Crippen molar-refractivity contribution in [2.24, 2.45) is 93.9 Å². The highest BCUT2D eigenvalue weighted by Crippen LogP contribution is 2.50. The number of hydrogen-bond donors (Lipinski definition) is 4. The maximum absolute atomic E-state index is 13.1. The molecule has 0 bridgehead atoms. The molecule has 8 aliphatic rings. The minimum Gasteiger partial charge on any atom is -0.493 e. The molecule has 12 rings (SSSR count). The molecule has 8 N–H and O–H groups in total. The van der Waals surface area contributed by atoms with Crippen molar-refractivity contribution in [3.63, 3.8) is 0 Å². The summed E-state index contributed by atoms with van der Waals surface area (Å²) in [6.07, 6.45) is -36.0. The fourth-order valence-corrected chi connectivity index (χ4v) is 14.0. The largest absolute Gasteiger partial charge is 0.493 e. The van der Waals surface area contributed by atoms with Crippen LogP contribution in [0.4, 0.5) is 0 Å². The van der Waals surface area contributed by atoms with E-state index < -0.39 is 354 Å². The lowest BCUT2D eigenvalue weighted by Gasteiger charge is -2.47. The lowest BCUT2D eigenvalue weighted by molar-refractivity contribution is -0.161. The quantitative estimate of drug-likeness (QED) is 0.0303. The first kappa shape index (κ1) is 47.2. The van der Waals surface area contributed by atoms with Gasteiger partial charge in [-0.1, -0.05) is 110 Å². The Kier molecular flexibility index (Phi) is 17.3. The summed E-state index contributed by atoms with van der Waals surface area (Å²) in [6.45, 7) is -12.5. The number of nitrogens with zero attached hydrogens (tertiary/aromatic N) is 4. The Hall–Kier alpha value is -7.16. The number of benzene rings is 4. The zero-order chi connectivity index (χ0) is 134. The van der Waals surface area contributed by atoms with Crippen LogP contribution in [0.3, 0.4) is 0 Å². The average molecular weight is 1730 g/mol. The average Bonchev–Trinajstić information content (AvgIpc) is 0.675. The van der Waals surface area contributed by atoms with Crippen LogP contribution in [0.2, 0.25) is 0 Å². The lowest BCUT2D eigenvalue weighted by Crippen LogP contribution is -2.51. The smallest absolute Gasteiger partial charge is 0.323 e. The first-order valence-electron chi connectivity index (χ1n) is 65.1. The van der Waals surface area contributed by atoms with Crippen LogP contribution < -0.4 is 60.8 Å². The summed E-state index contributed by atoms with van der Waals surface area (Å²) in [5.41, 5.74) is 21.7. The number of aryl methyl sites for hydroxylation is 4. The summed E-state index contributed by atoms with van der Waals surface area (Å²) >= 11 is 0. The Morgan fingerprint density at radius 3 is 0.833 bits per heavy atom. The highest BCUT2D eigenvalue weighted by Gasteiger charge is 2.47. The Bertz CT molecular complexity index is 6490. The van der Waals surface area contributed by atoms with E-state index in [0.29, 0.717) is 9.80 Å². The summed E-state index contributed by atoms with van der Waals surface area (Å²) in [6, 6.07) is -5.24. The van der Waals surface area contributed by atoms with E-state index in [1.54, 1.807) is 55.4 Å². The fraction of sp³-hybridized carbons (Fsp3) is 0.708. The second kappa shape index (κ2) is 43.9. The van der Waals surface area contributed by atoms with Gasteiger partial charge in [0.15, 0.2) is 46.0 Å². The molecule has 16 unspecified atom stereocenters. The molecule has 0 aromatic heterocycles. The normalized spacial score (nSPS) is 41.4. The number of hydrogen-bond acceptors (Lipinski definition) is 24. The maximum Gasteiger partial charge on any atom is 0.323 e. The van der Waals surface area contributed by atoms with Crippen LogP contribution >= 0.6 is 0 Å².